The summed E-state index contributed by atoms with van der Waals surface area (Å²) in [6.07, 6.45) is 1.35. The van der Waals surface area contributed by atoms with Gasteiger partial charge in [-0.1, -0.05) is 12.1 Å². The Bertz CT molecular complexity index is 597. The van der Waals surface area contributed by atoms with Crippen LogP contribution in [0.5, 0.6) is 0 Å². The van der Waals surface area contributed by atoms with Gasteiger partial charge in [0, 0.05) is 17.7 Å². The van der Waals surface area contributed by atoms with E-state index in [-0.39, 0.29) is 22.7 Å². The zero-order valence-electron chi connectivity index (χ0n) is 11.3. The molecule has 1 aliphatic heterocycles. The maximum atomic E-state index is 11.5. The molecule has 20 heavy (non-hydrogen) atoms. The highest BCUT2D eigenvalue weighted by atomic mass is 32.2. The highest BCUT2D eigenvalue weighted by Crippen LogP contribution is 2.22. The summed E-state index contributed by atoms with van der Waals surface area (Å²) in [5.74, 6) is 0.425. The smallest absolute Gasteiger partial charge is 0.269 e. The molecule has 0 spiro atoms. The fourth-order valence-corrected chi connectivity index (χ4v) is 4.57. The second kappa shape index (κ2) is 5.49. The van der Waals surface area contributed by atoms with Crippen LogP contribution in [-0.4, -0.2) is 36.9 Å². The topological polar surface area (TPSA) is 89.3 Å². The highest BCUT2D eigenvalue weighted by Gasteiger charge is 2.37. The van der Waals surface area contributed by atoms with Gasteiger partial charge in [-0.15, -0.1) is 0 Å². The van der Waals surface area contributed by atoms with E-state index in [0.29, 0.717) is 19.4 Å². The van der Waals surface area contributed by atoms with Gasteiger partial charge in [0.1, 0.15) is 0 Å². The largest absolute Gasteiger partial charge is 0.310 e. The zero-order valence-corrected chi connectivity index (χ0v) is 12.1. The Morgan fingerprint density at radius 2 is 2.00 bits per heavy atom. The van der Waals surface area contributed by atoms with Crippen LogP contribution in [0.1, 0.15) is 18.9 Å². The number of nitro groups is 1. The lowest BCUT2D eigenvalue weighted by Crippen LogP contribution is -2.44. The molecule has 1 aromatic carbocycles. The van der Waals surface area contributed by atoms with Crippen LogP contribution >= 0.6 is 0 Å². The van der Waals surface area contributed by atoms with Crippen LogP contribution in [0.15, 0.2) is 24.3 Å². The average molecular weight is 298 g/mol. The number of nitrogens with zero attached hydrogens (tertiary/aromatic N) is 1. The van der Waals surface area contributed by atoms with Crippen molar-refractivity contribution in [3.8, 4) is 0 Å². The molecule has 0 radical (unpaired) electrons. The second-order valence-electron chi connectivity index (χ2n) is 5.50. The van der Waals surface area contributed by atoms with E-state index in [1.165, 1.54) is 12.1 Å². The molecule has 1 atom stereocenters. The summed E-state index contributed by atoms with van der Waals surface area (Å²) in [5, 5.41) is 13.8. The molecule has 0 amide bonds. The van der Waals surface area contributed by atoms with Crippen LogP contribution in [0.25, 0.3) is 0 Å². The quantitative estimate of drug-likeness (QED) is 0.654. The maximum absolute atomic E-state index is 11.5. The van der Waals surface area contributed by atoms with E-state index in [1.807, 2.05) is 6.92 Å². The number of non-ortho nitro benzene ring substituents is 1. The van der Waals surface area contributed by atoms with Crippen molar-refractivity contribution >= 4 is 15.5 Å². The highest BCUT2D eigenvalue weighted by molar-refractivity contribution is 7.91. The molecule has 0 aromatic heterocycles. The number of benzene rings is 1. The van der Waals surface area contributed by atoms with E-state index < -0.39 is 14.8 Å². The summed E-state index contributed by atoms with van der Waals surface area (Å²) < 4.78 is 23.0. The molecule has 1 fully saturated rings. The first kappa shape index (κ1) is 14.9. The first-order valence-corrected chi connectivity index (χ1v) is 8.31. The summed E-state index contributed by atoms with van der Waals surface area (Å²) in [6, 6.07) is 6.43. The van der Waals surface area contributed by atoms with Gasteiger partial charge in [-0.05, 0) is 31.9 Å². The molecule has 0 saturated carbocycles. The molecule has 2 rings (SSSR count). The Morgan fingerprint density at radius 3 is 2.50 bits per heavy atom. The van der Waals surface area contributed by atoms with Gasteiger partial charge in [-0.3, -0.25) is 10.1 Å². The number of nitro benzene ring substituents is 1. The van der Waals surface area contributed by atoms with Gasteiger partial charge < -0.3 is 5.32 Å². The lowest BCUT2D eigenvalue weighted by atomic mass is 10.0. The summed E-state index contributed by atoms with van der Waals surface area (Å²) >= 11 is 0. The molecular weight excluding hydrogens is 280 g/mol. The number of hydrogen-bond acceptors (Lipinski definition) is 5. The lowest BCUT2D eigenvalue weighted by molar-refractivity contribution is -0.384. The molecule has 1 N–H and O–H groups in total. The molecule has 7 heteroatoms. The molecule has 0 bridgehead atoms. The van der Waals surface area contributed by atoms with E-state index in [0.717, 1.165) is 5.56 Å². The summed E-state index contributed by atoms with van der Waals surface area (Å²) in [6.45, 7) is 2.58. The summed E-state index contributed by atoms with van der Waals surface area (Å²) in [4.78, 5) is 10.1. The van der Waals surface area contributed by atoms with Crippen LogP contribution in [0.4, 0.5) is 5.69 Å². The van der Waals surface area contributed by atoms with Gasteiger partial charge >= 0.3 is 0 Å². The van der Waals surface area contributed by atoms with E-state index in [4.69, 9.17) is 0 Å². The number of rotatable bonds is 5. The van der Waals surface area contributed by atoms with Crippen LogP contribution in [0, 0.1) is 10.1 Å². The Kier molecular flexibility index (Phi) is 4.10. The minimum atomic E-state index is -2.90. The predicted octanol–water partition coefficient (Wildman–Crippen LogP) is 1.30. The Balaban J connectivity index is 1.86. The van der Waals surface area contributed by atoms with E-state index >= 15 is 0 Å². The predicted molar refractivity (Wildman–Crippen MR) is 76.5 cm³/mol. The van der Waals surface area contributed by atoms with Gasteiger partial charge in [0.15, 0.2) is 9.84 Å². The molecule has 1 saturated heterocycles. The number of sulfone groups is 1. The normalized spacial score (nSPS) is 24.6. The third-order valence-electron chi connectivity index (χ3n) is 3.62. The fraction of sp³-hybridized carbons (Fsp3) is 0.538. The minimum absolute atomic E-state index is 0.0792. The van der Waals surface area contributed by atoms with Crippen molar-refractivity contribution in [2.24, 2.45) is 0 Å². The third-order valence-corrected chi connectivity index (χ3v) is 5.52. The van der Waals surface area contributed by atoms with Gasteiger partial charge in [0.2, 0.25) is 0 Å². The van der Waals surface area contributed by atoms with Crippen molar-refractivity contribution in [3.63, 3.8) is 0 Å². The third kappa shape index (κ3) is 3.77. The number of hydrogen-bond donors (Lipinski definition) is 1. The molecular formula is C13H18N2O4S. The molecule has 1 unspecified atom stereocenters. The van der Waals surface area contributed by atoms with Crippen molar-refractivity contribution < 1.29 is 13.3 Å². The van der Waals surface area contributed by atoms with Crippen molar-refractivity contribution in [1.29, 1.82) is 0 Å². The van der Waals surface area contributed by atoms with Gasteiger partial charge in [0.25, 0.3) is 5.69 Å². The average Bonchev–Trinajstić information content (AvgIpc) is 2.64. The van der Waals surface area contributed by atoms with Crippen molar-refractivity contribution in [3.05, 3.63) is 39.9 Å². The molecule has 0 aliphatic carbocycles. The Labute approximate surface area is 118 Å². The first-order valence-electron chi connectivity index (χ1n) is 6.49. The Hall–Kier alpha value is -1.47. The van der Waals surface area contributed by atoms with E-state index in [1.54, 1.807) is 12.1 Å². The summed E-state index contributed by atoms with van der Waals surface area (Å²) in [5.41, 5.74) is 0.725. The zero-order chi connectivity index (χ0) is 14.8. The van der Waals surface area contributed by atoms with Crippen molar-refractivity contribution in [2.75, 3.05) is 18.1 Å². The lowest BCUT2D eigenvalue weighted by Gasteiger charge is -2.23. The van der Waals surface area contributed by atoms with E-state index in [2.05, 4.69) is 5.32 Å². The summed E-state index contributed by atoms with van der Waals surface area (Å²) in [7, 11) is -2.90. The maximum Gasteiger partial charge on any atom is 0.269 e. The minimum Gasteiger partial charge on any atom is -0.310 e. The van der Waals surface area contributed by atoms with Crippen LogP contribution in [0.3, 0.4) is 0 Å². The molecule has 1 heterocycles. The SMILES string of the molecule is CC1(NCCc2ccc([N+](=O)[O-])cc2)CCS(=O)(=O)C1. The number of nitrogens with one attached hydrogen (secondary N) is 1. The van der Waals surface area contributed by atoms with Gasteiger partial charge in [-0.25, -0.2) is 8.42 Å². The van der Waals surface area contributed by atoms with Crippen LogP contribution in [0.2, 0.25) is 0 Å². The van der Waals surface area contributed by atoms with E-state index in [9.17, 15) is 18.5 Å². The van der Waals surface area contributed by atoms with Gasteiger partial charge in [0.05, 0.1) is 16.4 Å². The van der Waals surface area contributed by atoms with Crippen molar-refractivity contribution in [2.45, 2.75) is 25.3 Å². The second-order valence-corrected chi connectivity index (χ2v) is 7.69. The molecule has 1 aromatic rings. The van der Waals surface area contributed by atoms with Crippen molar-refractivity contribution in [1.82, 2.24) is 5.32 Å². The fourth-order valence-electron chi connectivity index (χ4n) is 2.44. The monoisotopic (exact) mass is 298 g/mol. The first-order chi connectivity index (χ1) is 9.30. The van der Waals surface area contributed by atoms with Crippen LogP contribution in [-0.2, 0) is 16.3 Å². The Morgan fingerprint density at radius 1 is 1.35 bits per heavy atom. The molecule has 1 aliphatic rings. The standard InChI is InChI=1S/C13H18N2O4S/c1-13(7-9-20(18,19)10-13)14-8-6-11-2-4-12(5-3-11)15(16)17/h2-5,14H,6-10H2,1H3. The molecule has 110 valence electrons. The molecule has 6 nitrogen and oxygen atoms in total. The van der Waals surface area contributed by atoms with Gasteiger partial charge in [-0.2, -0.15) is 0 Å². The van der Waals surface area contributed by atoms with Crippen LogP contribution < -0.4 is 5.32 Å².